The Kier molecular flexibility index (Phi) is 5.06. The smallest absolute Gasteiger partial charge is 0.377 e. The summed E-state index contributed by atoms with van der Waals surface area (Å²) < 4.78 is 46.0. The topological polar surface area (TPSA) is 32.8 Å². The monoisotopic (exact) mass is 356 g/mol. The fourth-order valence-corrected chi connectivity index (χ4v) is 3.74. The van der Waals surface area contributed by atoms with Crippen LogP contribution in [-0.4, -0.2) is 48.6 Å². The second-order valence-electron chi connectivity index (χ2n) is 6.78. The van der Waals surface area contributed by atoms with Crippen LogP contribution in [0.1, 0.15) is 46.8 Å². The van der Waals surface area contributed by atoms with Crippen LogP contribution >= 0.6 is 0 Å². The van der Waals surface area contributed by atoms with E-state index in [4.69, 9.17) is 4.74 Å². The highest BCUT2D eigenvalue weighted by Crippen LogP contribution is 2.38. The molecule has 0 aromatic heterocycles. The Bertz CT molecular complexity index is 658. The molecule has 1 fully saturated rings. The number of alkyl halides is 3. The van der Waals surface area contributed by atoms with Crippen molar-refractivity contribution in [2.24, 2.45) is 0 Å². The van der Waals surface area contributed by atoms with Crippen molar-refractivity contribution in [2.45, 2.75) is 45.1 Å². The summed E-state index contributed by atoms with van der Waals surface area (Å²) in [7, 11) is 1.53. The van der Waals surface area contributed by atoms with Crippen molar-refractivity contribution in [1.29, 1.82) is 0 Å². The number of benzene rings is 1. The van der Waals surface area contributed by atoms with E-state index in [0.717, 1.165) is 19.4 Å². The second-order valence-corrected chi connectivity index (χ2v) is 6.78. The molecular weight excluding hydrogens is 333 g/mol. The number of carbonyl (C=O) groups is 1. The summed E-state index contributed by atoms with van der Waals surface area (Å²) in [5.74, 6) is -0.340. The molecule has 0 spiro atoms. The maximum atomic E-state index is 13.5. The first-order valence-corrected chi connectivity index (χ1v) is 8.62. The Morgan fingerprint density at radius 3 is 2.76 bits per heavy atom. The van der Waals surface area contributed by atoms with Crippen LogP contribution < -0.4 is 0 Å². The van der Waals surface area contributed by atoms with Crippen molar-refractivity contribution in [3.63, 3.8) is 0 Å². The lowest BCUT2D eigenvalue weighted by Gasteiger charge is -2.32. The third-order valence-electron chi connectivity index (χ3n) is 4.86. The number of rotatable bonds is 4. The zero-order valence-electron chi connectivity index (χ0n) is 14.5. The second kappa shape index (κ2) is 6.96. The van der Waals surface area contributed by atoms with Gasteiger partial charge in [0.15, 0.2) is 0 Å². The van der Waals surface area contributed by atoms with Crippen LogP contribution in [0, 0.1) is 0 Å². The van der Waals surface area contributed by atoms with E-state index in [1.54, 1.807) is 6.07 Å². The standard InChI is InChI=1S/C18H23F3N2O2/c1-3-25-13-5-4-6-23(10-13)9-12-7-14-15(11-22(2)17(14)24)16(8-12)18(19,20)21/h7-8,13H,3-6,9-11H2,1-2H3. The maximum absolute atomic E-state index is 13.5. The molecule has 1 atom stereocenters. The molecule has 1 amide bonds. The minimum atomic E-state index is -4.46. The lowest BCUT2D eigenvalue weighted by molar-refractivity contribution is -0.138. The molecule has 0 saturated carbocycles. The van der Waals surface area contributed by atoms with E-state index in [0.29, 0.717) is 25.3 Å². The predicted molar refractivity (Wildman–Crippen MR) is 87.2 cm³/mol. The molecule has 0 bridgehead atoms. The van der Waals surface area contributed by atoms with Crippen molar-refractivity contribution >= 4 is 5.91 Å². The molecule has 1 aromatic rings. The quantitative estimate of drug-likeness (QED) is 0.830. The average Bonchev–Trinajstić information content (AvgIpc) is 2.82. The molecule has 1 unspecified atom stereocenters. The van der Waals surface area contributed by atoms with Crippen LogP contribution in [0.5, 0.6) is 0 Å². The van der Waals surface area contributed by atoms with Gasteiger partial charge in [-0.15, -0.1) is 0 Å². The van der Waals surface area contributed by atoms with E-state index < -0.39 is 11.7 Å². The fourth-order valence-electron chi connectivity index (χ4n) is 3.74. The number of piperidine rings is 1. The van der Waals surface area contributed by atoms with Gasteiger partial charge in [0.1, 0.15) is 0 Å². The van der Waals surface area contributed by atoms with Crippen LogP contribution in [0.3, 0.4) is 0 Å². The number of halogens is 3. The molecule has 2 aliphatic heterocycles. The Hall–Kier alpha value is -1.60. The molecule has 7 heteroatoms. The van der Waals surface area contributed by atoms with Gasteiger partial charge in [-0.05, 0) is 49.6 Å². The van der Waals surface area contributed by atoms with E-state index >= 15 is 0 Å². The summed E-state index contributed by atoms with van der Waals surface area (Å²) in [5.41, 5.74) is 0.128. The number of hydrogen-bond acceptors (Lipinski definition) is 3. The molecule has 2 heterocycles. The van der Waals surface area contributed by atoms with Crippen LogP contribution in [0.25, 0.3) is 0 Å². The molecule has 2 aliphatic rings. The number of hydrogen-bond donors (Lipinski definition) is 0. The first-order valence-electron chi connectivity index (χ1n) is 8.62. The van der Waals surface area contributed by atoms with Gasteiger partial charge in [-0.25, -0.2) is 0 Å². The van der Waals surface area contributed by atoms with Gasteiger partial charge in [-0.1, -0.05) is 0 Å². The summed E-state index contributed by atoms with van der Waals surface area (Å²) in [5, 5.41) is 0. The predicted octanol–water partition coefficient (Wildman–Crippen LogP) is 3.29. The zero-order valence-corrected chi connectivity index (χ0v) is 14.5. The van der Waals surface area contributed by atoms with Crippen LogP contribution in [0.2, 0.25) is 0 Å². The number of ether oxygens (including phenoxy) is 1. The minimum Gasteiger partial charge on any atom is -0.377 e. The van der Waals surface area contributed by atoms with E-state index in [2.05, 4.69) is 4.90 Å². The third kappa shape index (κ3) is 3.82. The highest BCUT2D eigenvalue weighted by Gasteiger charge is 2.39. The SMILES string of the molecule is CCOC1CCCN(Cc2cc3c(c(C(F)(F)F)c2)CN(C)C3=O)C1. The van der Waals surface area contributed by atoms with Crippen molar-refractivity contribution in [1.82, 2.24) is 9.80 Å². The zero-order chi connectivity index (χ0) is 18.2. The average molecular weight is 356 g/mol. The van der Waals surface area contributed by atoms with Crippen molar-refractivity contribution < 1.29 is 22.7 Å². The number of likely N-dealkylation sites (tertiary alicyclic amines) is 1. The Morgan fingerprint density at radius 2 is 2.08 bits per heavy atom. The Labute approximate surface area is 145 Å². The van der Waals surface area contributed by atoms with Gasteiger partial charge in [-0.2, -0.15) is 13.2 Å². The normalized spacial score (nSPS) is 21.7. The maximum Gasteiger partial charge on any atom is 0.416 e. The largest absolute Gasteiger partial charge is 0.416 e. The summed E-state index contributed by atoms with van der Waals surface area (Å²) >= 11 is 0. The third-order valence-corrected chi connectivity index (χ3v) is 4.86. The lowest BCUT2D eigenvalue weighted by atomic mass is 9.98. The minimum absolute atomic E-state index is 0.0133. The van der Waals surface area contributed by atoms with E-state index in [-0.39, 0.29) is 29.7 Å². The first-order chi connectivity index (χ1) is 11.8. The summed E-state index contributed by atoms with van der Waals surface area (Å²) in [6.07, 6.45) is -2.39. The van der Waals surface area contributed by atoms with E-state index in [1.807, 2.05) is 6.92 Å². The van der Waals surface area contributed by atoms with Gasteiger partial charge in [0, 0.05) is 38.9 Å². The summed E-state index contributed by atoms with van der Waals surface area (Å²) in [6, 6.07) is 2.83. The van der Waals surface area contributed by atoms with Crippen LogP contribution in [0.15, 0.2) is 12.1 Å². The first kappa shape index (κ1) is 18.2. The lowest BCUT2D eigenvalue weighted by Crippen LogP contribution is -2.39. The molecule has 0 N–H and O–H groups in total. The van der Waals surface area contributed by atoms with Gasteiger partial charge in [0.05, 0.1) is 11.7 Å². The fraction of sp³-hybridized carbons (Fsp3) is 0.611. The van der Waals surface area contributed by atoms with E-state index in [1.165, 1.54) is 18.0 Å². The van der Waals surface area contributed by atoms with Crippen molar-refractivity contribution in [2.75, 3.05) is 26.7 Å². The van der Waals surface area contributed by atoms with Crippen molar-refractivity contribution in [3.8, 4) is 0 Å². The van der Waals surface area contributed by atoms with Gasteiger partial charge in [-0.3, -0.25) is 9.69 Å². The molecule has 1 aromatic carbocycles. The molecule has 1 saturated heterocycles. The summed E-state index contributed by atoms with van der Waals surface area (Å²) in [4.78, 5) is 15.6. The van der Waals surface area contributed by atoms with Gasteiger partial charge >= 0.3 is 6.18 Å². The number of carbonyl (C=O) groups excluding carboxylic acids is 1. The molecular formula is C18H23F3N2O2. The molecule has 3 rings (SSSR count). The Balaban J connectivity index is 1.86. The highest BCUT2D eigenvalue weighted by atomic mass is 19.4. The molecule has 4 nitrogen and oxygen atoms in total. The van der Waals surface area contributed by atoms with Gasteiger partial charge in [0.25, 0.3) is 5.91 Å². The van der Waals surface area contributed by atoms with Crippen LogP contribution in [0.4, 0.5) is 13.2 Å². The van der Waals surface area contributed by atoms with Gasteiger partial charge in [0.2, 0.25) is 0 Å². The highest BCUT2D eigenvalue weighted by molar-refractivity contribution is 5.98. The molecule has 25 heavy (non-hydrogen) atoms. The van der Waals surface area contributed by atoms with Gasteiger partial charge < -0.3 is 9.64 Å². The molecule has 0 aliphatic carbocycles. The Morgan fingerprint density at radius 1 is 1.32 bits per heavy atom. The molecule has 138 valence electrons. The molecule has 0 radical (unpaired) electrons. The van der Waals surface area contributed by atoms with E-state index in [9.17, 15) is 18.0 Å². The number of fused-ring (bicyclic) bond motifs is 1. The summed E-state index contributed by atoms with van der Waals surface area (Å²) in [6.45, 7) is 4.53. The van der Waals surface area contributed by atoms with Crippen molar-refractivity contribution in [3.05, 3.63) is 34.4 Å². The van der Waals surface area contributed by atoms with Crippen LogP contribution in [-0.2, 0) is 24.0 Å². The number of nitrogens with zero attached hydrogens (tertiary/aromatic N) is 2. The number of amides is 1.